The molecule has 0 spiro atoms. The molecule has 1 aliphatic heterocycles. The molecule has 0 saturated carbocycles. The molecule has 0 unspecified atom stereocenters. The van der Waals surface area contributed by atoms with Gasteiger partial charge in [-0.15, -0.1) is 0 Å². The number of esters is 1. The highest BCUT2D eigenvalue weighted by molar-refractivity contribution is 6.30. The quantitative estimate of drug-likeness (QED) is 0.731. The summed E-state index contributed by atoms with van der Waals surface area (Å²) in [6, 6.07) is 11.7. The molecule has 1 amide bonds. The second-order valence-corrected chi connectivity index (χ2v) is 6.24. The molecule has 1 aliphatic rings. The van der Waals surface area contributed by atoms with Gasteiger partial charge >= 0.3 is 5.97 Å². The lowest BCUT2D eigenvalue weighted by Crippen LogP contribution is -2.31. The van der Waals surface area contributed by atoms with Gasteiger partial charge in [0.25, 0.3) is 5.91 Å². The maximum atomic E-state index is 12.0. The first kappa shape index (κ1) is 18.8. The number of hydrogen-bond donors (Lipinski definition) is 1. The molecule has 0 radical (unpaired) electrons. The highest BCUT2D eigenvalue weighted by atomic mass is 35.5. The molecule has 7 nitrogen and oxygen atoms in total. The van der Waals surface area contributed by atoms with Crippen molar-refractivity contribution in [1.29, 1.82) is 0 Å². The number of halogens is 1. The minimum Gasteiger partial charge on any atom is -0.482 e. The number of carbonyl (C=O) groups is 2. The third-order valence-electron chi connectivity index (χ3n) is 3.81. The number of fused-ring (bicyclic) bond motifs is 1. The average molecular weight is 392 g/mol. The summed E-state index contributed by atoms with van der Waals surface area (Å²) in [7, 11) is 0. The molecule has 27 heavy (non-hydrogen) atoms. The van der Waals surface area contributed by atoms with Crippen molar-refractivity contribution in [2.45, 2.75) is 13.0 Å². The van der Waals surface area contributed by atoms with Crippen LogP contribution in [0.3, 0.4) is 0 Å². The predicted octanol–water partition coefficient (Wildman–Crippen LogP) is 2.87. The lowest BCUT2D eigenvalue weighted by atomic mass is 10.1. The van der Waals surface area contributed by atoms with Crippen molar-refractivity contribution in [3.63, 3.8) is 0 Å². The van der Waals surface area contributed by atoms with Crippen LogP contribution in [0.15, 0.2) is 42.5 Å². The maximum absolute atomic E-state index is 12.0. The monoisotopic (exact) mass is 391 g/mol. The van der Waals surface area contributed by atoms with Crippen molar-refractivity contribution in [3.05, 3.63) is 53.1 Å². The Kier molecular flexibility index (Phi) is 6.03. The number of ether oxygens (including phenoxy) is 4. The summed E-state index contributed by atoms with van der Waals surface area (Å²) >= 11 is 5.77. The third kappa shape index (κ3) is 5.27. The maximum Gasteiger partial charge on any atom is 0.344 e. The van der Waals surface area contributed by atoms with Crippen molar-refractivity contribution in [2.75, 3.05) is 20.0 Å². The third-order valence-corrected chi connectivity index (χ3v) is 4.06. The molecule has 1 N–H and O–H groups in total. The van der Waals surface area contributed by atoms with Crippen molar-refractivity contribution < 1.29 is 28.5 Å². The van der Waals surface area contributed by atoms with Gasteiger partial charge < -0.3 is 24.3 Å². The Balaban J connectivity index is 1.41. The molecule has 3 rings (SSSR count). The topological polar surface area (TPSA) is 83.1 Å². The molecular weight excluding hydrogens is 374 g/mol. The van der Waals surface area contributed by atoms with E-state index < -0.39 is 18.5 Å². The first-order valence-electron chi connectivity index (χ1n) is 8.24. The fourth-order valence-electron chi connectivity index (χ4n) is 2.41. The zero-order chi connectivity index (χ0) is 19.2. The van der Waals surface area contributed by atoms with Crippen LogP contribution in [-0.2, 0) is 14.3 Å². The molecule has 0 fully saturated rings. The van der Waals surface area contributed by atoms with Crippen molar-refractivity contribution in [2.24, 2.45) is 0 Å². The van der Waals surface area contributed by atoms with Crippen LogP contribution in [0.4, 0.5) is 0 Å². The van der Waals surface area contributed by atoms with Gasteiger partial charge in [0.05, 0.1) is 6.04 Å². The normalized spacial score (nSPS) is 13.0. The van der Waals surface area contributed by atoms with Crippen LogP contribution in [0, 0.1) is 0 Å². The van der Waals surface area contributed by atoms with Gasteiger partial charge in [-0.25, -0.2) is 4.79 Å². The number of nitrogens with one attached hydrogen (secondary N) is 1. The molecule has 2 aromatic carbocycles. The lowest BCUT2D eigenvalue weighted by Gasteiger charge is -2.15. The second kappa shape index (κ2) is 8.64. The Hall–Kier alpha value is -2.93. The minimum absolute atomic E-state index is 0.188. The summed E-state index contributed by atoms with van der Waals surface area (Å²) in [5, 5.41) is 3.32. The van der Waals surface area contributed by atoms with E-state index in [0.717, 1.165) is 5.56 Å². The van der Waals surface area contributed by atoms with Crippen LogP contribution in [0.5, 0.6) is 17.2 Å². The molecular formula is C19H18ClNO6. The summed E-state index contributed by atoms with van der Waals surface area (Å²) in [5.74, 6) is 0.736. The Labute approximate surface area is 161 Å². The summed E-state index contributed by atoms with van der Waals surface area (Å²) < 4.78 is 20.7. The summed E-state index contributed by atoms with van der Waals surface area (Å²) in [6.07, 6.45) is 0. The van der Waals surface area contributed by atoms with Gasteiger partial charge in [-0.3, -0.25) is 4.79 Å². The van der Waals surface area contributed by atoms with Crippen LogP contribution in [0.2, 0.25) is 5.02 Å². The number of rotatable bonds is 7. The van der Waals surface area contributed by atoms with Crippen LogP contribution in [0.25, 0.3) is 0 Å². The zero-order valence-electron chi connectivity index (χ0n) is 14.6. The minimum atomic E-state index is -0.643. The second-order valence-electron chi connectivity index (χ2n) is 5.81. The van der Waals surface area contributed by atoms with Crippen molar-refractivity contribution >= 4 is 23.5 Å². The van der Waals surface area contributed by atoms with E-state index in [9.17, 15) is 9.59 Å². The highest BCUT2D eigenvalue weighted by Crippen LogP contribution is 2.34. The van der Waals surface area contributed by atoms with Gasteiger partial charge in [-0.1, -0.05) is 17.7 Å². The van der Waals surface area contributed by atoms with E-state index in [-0.39, 0.29) is 19.4 Å². The zero-order valence-corrected chi connectivity index (χ0v) is 15.3. The van der Waals surface area contributed by atoms with E-state index in [1.54, 1.807) is 36.4 Å². The van der Waals surface area contributed by atoms with Gasteiger partial charge in [-0.2, -0.15) is 0 Å². The Morgan fingerprint density at radius 1 is 1.11 bits per heavy atom. The molecule has 1 heterocycles. The fourth-order valence-corrected chi connectivity index (χ4v) is 2.54. The first-order valence-corrected chi connectivity index (χ1v) is 8.62. The number of benzene rings is 2. The van der Waals surface area contributed by atoms with Crippen molar-refractivity contribution in [1.82, 2.24) is 5.32 Å². The van der Waals surface area contributed by atoms with Gasteiger partial charge in [-0.05, 0) is 48.9 Å². The van der Waals surface area contributed by atoms with Crippen LogP contribution >= 0.6 is 11.6 Å². The SMILES string of the molecule is C[C@H](NC(=O)COC(=O)COc1ccc(Cl)cc1)c1ccc2c(c1)OCO2. The molecule has 142 valence electrons. The van der Waals surface area contributed by atoms with Crippen molar-refractivity contribution in [3.8, 4) is 17.2 Å². The molecule has 1 atom stereocenters. The van der Waals surface area contributed by atoms with Crippen LogP contribution < -0.4 is 19.5 Å². The van der Waals surface area contributed by atoms with Gasteiger partial charge in [0.1, 0.15) is 5.75 Å². The fraction of sp³-hybridized carbons (Fsp3) is 0.263. The van der Waals surface area contributed by atoms with E-state index in [1.807, 2.05) is 13.0 Å². The molecule has 8 heteroatoms. The predicted molar refractivity (Wildman–Crippen MR) is 97.0 cm³/mol. The van der Waals surface area contributed by atoms with E-state index >= 15 is 0 Å². The largest absolute Gasteiger partial charge is 0.482 e. The van der Waals surface area contributed by atoms with Gasteiger partial charge in [0.15, 0.2) is 24.7 Å². The number of hydrogen-bond acceptors (Lipinski definition) is 6. The van der Waals surface area contributed by atoms with Crippen LogP contribution in [0.1, 0.15) is 18.5 Å². The van der Waals surface area contributed by atoms with E-state index in [1.165, 1.54) is 0 Å². The van der Waals surface area contributed by atoms with Crippen LogP contribution in [-0.4, -0.2) is 31.9 Å². The van der Waals surface area contributed by atoms with E-state index in [4.69, 9.17) is 30.5 Å². The van der Waals surface area contributed by atoms with Gasteiger partial charge in [0.2, 0.25) is 6.79 Å². The smallest absolute Gasteiger partial charge is 0.344 e. The first-order chi connectivity index (χ1) is 13.0. The number of amides is 1. The molecule has 0 bridgehead atoms. The molecule has 0 aromatic heterocycles. The van der Waals surface area contributed by atoms with E-state index in [2.05, 4.69) is 5.32 Å². The van der Waals surface area contributed by atoms with E-state index in [0.29, 0.717) is 22.3 Å². The summed E-state index contributed by atoms with van der Waals surface area (Å²) in [6.45, 7) is 1.32. The summed E-state index contributed by atoms with van der Waals surface area (Å²) in [4.78, 5) is 23.7. The standard InChI is InChI=1S/C19H18ClNO6/c1-12(13-2-7-16-17(8-13)27-11-26-16)21-18(22)9-25-19(23)10-24-15-5-3-14(20)4-6-15/h2-8,12H,9-11H2,1H3,(H,21,22)/t12-/m0/s1. The molecule has 0 aliphatic carbocycles. The molecule has 2 aromatic rings. The number of carbonyl (C=O) groups excluding carboxylic acids is 2. The Morgan fingerprint density at radius 2 is 1.85 bits per heavy atom. The van der Waals surface area contributed by atoms with Gasteiger partial charge in [0, 0.05) is 5.02 Å². The molecule has 0 saturated heterocycles. The highest BCUT2D eigenvalue weighted by Gasteiger charge is 2.17. The Bertz CT molecular complexity index is 823. The lowest BCUT2D eigenvalue weighted by molar-refractivity contribution is -0.150. The Morgan fingerprint density at radius 3 is 2.63 bits per heavy atom. The average Bonchev–Trinajstić information content (AvgIpc) is 3.13. The summed E-state index contributed by atoms with van der Waals surface area (Å²) in [5.41, 5.74) is 0.852.